The normalized spacial score (nSPS) is 34.9. The molecule has 0 aromatic rings. The van der Waals surface area contributed by atoms with Crippen LogP contribution in [0.1, 0.15) is 0 Å². The molecule has 1 rings (SSSR count). The molecule has 0 bridgehead atoms. The maximum Gasteiger partial charge on any atom is 0.471 e. The predicted molar refractivity (Wildman–Crippen MR) is 50.5 cm³/mol. The molecule has 5 atom stereocenters. The maximum atomic E-state index is 12.1. The van der Waals surface area contributed by atoms with Crippen molar-refractivity contribution >= 4 is 5.91 Å². The summed E-state index contributed by atoms with van der Waals surface area (Å²) in [7, 11) is 0. The van der Waals surface area contributed by atoms with E-state index in [0.29, 0.717) is 0 Å². The zero-order valence-corrected chi connectivity index (χ0v) is 9.65. The van der Waals surface area contributed by atoms with Crippen LogP contribution in [0.5, 0.6) is 0 Å². The van der Waals surface area contributed by atoms with Crippen molar-refractivity contribution in [1.29, 1.82) is 0 Å². The number of alkyl halides is 3. The van der Waals surface area contributed by atoms with E-state index in [9.17, 15) is 33.3 Å². The van der Waals surface area contributed by atoms with Crippen molar-refractivity contribution in [3.8, 4) is 0 Å². The van der Waals surface area contributed by atoms with Crippen LogP contribution in [0.15, 0.2) is 0 Å². The first kappa shape index (κ1) is 17.0. The second-order valence-electron chi connectivity index (χ2n) is 3.90. The first-order chi connectivity index (χ1) is 9.18. The van der Waals surface area contributed by atoms with Crippen molar-refractivity contribution < 1.29 is 53.2 Å². The zero-order chi connectivity index (χ0) is 15.5. The largest absolute Gasteiger partial charge is 0.471 e. The van der Waals surface area contributed by atoms with Gasteiger partial charge in [-0.05, 0) is 0 Å². The third-order valence-corrected chi connectivity index (χ3v) is 2.56. The molecule has 5 N–H and O–H groups in total. The molecule has 3 unspecified atom stereocenters. The Morgan fingerprint density at radius 1 is 1.25 bits per heavy atom. The van der Waals surface area contributed by atoms with Gasteiger partial charge in [0.15, 0.2) is 6.29 Å². The average molecular weight is 307 g/mol. The fourth-order valence-corrected chi connectivity index (χ4v) is 1.57. The second-order valence-corrected chi connectivity index (χ2v) is 3.90. The Morgan fingerprint density at radius 2 is 1.85 bits per heavy atom. The fraction of sp³-hybridized carbons (Fsp3) is 0.875. The zero-order valence-electron chi connectivity index (χ0n) is 9.65. The van der Waals surface area contributed by atoms with E-state index in [2.05, 4.69) is 14.7 Å². The van der Waals surface area contributed by atoms with Crippen LogP contribution in [0.2, 0.25) is 0 Å². The first-order valence-corrected chi connectivity index (χ1v) is 5.19. The highest BCUT2D eigenvalue weighted by Crippen LogP contribution is 2.22. The monoisotopic (exact) mass is 307 g/mol. The first-order valence-electron chi connectivity index (χ1n) is 5.19. The van der Waals surface area contributed by atoms with E-state index in [0.717, 1.165) is 0 Å². The minimum atomic E-state index is -5.23. The summed E-state index contributed by atoms with van der Waals surface area (Å²) in [5, 5.41) is 40.9. The molecule has 9 nitrogen and oxygen atoms in total. The van der Waals surface area contributed by atoms with E-state index in [1.807, 2.05) is 0 Å². The molecule has 20 heavy (non-hydrogen) atoms. The number of nitrogens with one attached hydrogen (secondary N) is 1. The summed E-state index contributed by atoms with van der Waals surface area (Å²) < 4.78 is 40.8. The van der Waals surface area contributed by atoms with Gasteiger partial charge in [0.2, 0.25) is 0 Å². The van der Waals surface area contributed by atoms with Gasteiger partial charge in [-0.1, -0.05) is 5.04 Å². The number of halogens is 3. The summed E-state index contributed by atoms with van der Waals surface area (Å²) in [5.41, 5.74) is 0. The number of amides is 1. The van der Waals surface area contributed by atoms with Crippen LogP contribution in [0.3, 0.4) is 0 Å². The van der Waals surface area contributed by atoms with Gasteiger partial charge in [0.1, 0.15) is 31.0 Å². The van der Waals surface area contributed by atoms with Crippen molar-refractivity contribution in [3.63, 3.8) is 0 Å². The van der Waals surface area contributed by atoms with Crippen molar-refractivity contribution in [2.24, 2.45) is 0 Å². The highest BCUT2D eigenvalue weighted by molar-refractivity contribution is 5.82. The molecule has 0 spiro atoms. The van der Waals surface area contributed by atoms with Crippen molar-refractivity contribution in [1.82, 2.24) is 5.32 Å². The van der Waals surface area contributed by atoms with Gasteiger partial charge >= 0.3 is 12.1 Å². The number of hydrogen-bond acceptors (Lipinski definition) is 8. The Hall–Kier alpha value is -1.02. The minimum absolute atomic E-state index is 0.633. The van der Waals surface area contributed by atoms with Gasteiger partial charge in [-0.3, -0.25) is 4.79 Å². The molecule has 1 aliphatic heterocycles. The molecule has 1 saturated heterocycles. The van der Waals surface area contributed by atoms with Crippen LogP contribution in [-0.2, 0) is 19.5 Å². The lowest BCUT2D eigenvalue weighted by Crippen LogP contribution is -2.65. The number of hydrogen-bond donors (Lipinski definition) is 5. The van der Waals surface area contributed by atoms with Gasteiger partial charge in [-0.2, -0.15) is 13.2 Å². The smallest absolute Gasteiger partial charge is 0.388 e. The van der Waals surface area contributed by atoms with E-state index in [-0.39, 0.29) is 0 Å². The second kappa shape index (κ2) is 6.62. The van der Waals surface area contributed by atoms with E-state index in [4.69, 9.17) is 5.26 Å². The SMILES string of the molecule is O=C(NC1C(O)OC(COOO)[C@@H](O)[C@@H]1O)C(F)(F)F. The molecule has 0 radical (unpaired) electrons. The predicted octanol–water partition coefficient (Wildman–Crippen LogP) is -2.11. The summed E-state index contributed by atoms with van der Waals surface area (Å²) in [6, 6.07) is -1.90. The number of aliphatic hydroxyl groups is 3. The Labute approximate surface area is 109 Å². The quantitative estimate of drug-likeness (QED) is 0.294. The molecule has 12 heteroatoms. The fourth-order valence-electron chi connectivity index (χ4n) is 1.57. The minimum Gasteiger partial charge on any atom is -0.388 e. The summed E-state index contributed by atoms with van der Waals surface area (Å²) in [6.45, 7) is -0.633. The topological polar surface area (TPSA) is 138 Å². The molecule has 0 aromatic heterocycles. The molecule has 1 aliphatic rings. The molecular formula is C8H12F3NO8. The van der Waals surface area contributed by atoms with Crippen LogP contribution in [0.4, 0.5) is 13.2 Å². The number of aliphatic hydroxyl groups excluding tert-OH is 3. The lowest BCUT2D eigenvalue weighted by atomic mass is 9.97. The highest BCUT2D eigenvalue weighted by Gasteiger charge is 2.48. The Balaban J connectivity index is 2.69. The van der Waals surface area contributed by atoms with Crippen molar-refractivity contribution in [3.05, 3.63) is 0 Å². The summed E-state index contributed by atoms with van der Waals surface area (Å²) >= 11 is 0. The van der Waals surface area contributed by atoms with E-state index in [1.165, 1.54) is 5.32 Å². The third kappa shape index (κ3) is 3.99. The molecule has 1 fully saturated rings. The van der Waals surface area contributed by atoms with Crippen LogP contribution >= 0.6 is 0 Å². The van der Waals surface area contributed by atoms with Crippen molar-refractivity contribution in [2.45, 2.75) is 36.8 Å². The number of rotatable bonds is 4. The average Bonchev–Trinajstić information content (AvgIpc) is 2.35. The lowest BCUT2D eigenvalue weighted by Gasteiger charge is -2.40. The maximum absolute atomic E-state index is 12.1. The lowest BCUT2D eigenvalue weighted by molar-refractivity contribution is -0.498. The van der Waals surface area contributed by atoms with Gasteiger partial charge in [0.05, 0.1) is 0 Å². The summed E-state index contributed by atoms with van der Waals surface area (Å²) in [4.78, 5) is 14.7. The molecule has 0 aliphatic carbocycles. The Morgan fingerprint density at radius 3 is 2.35 bits per heavy atom. The Bertz CT molecular complexity index is 340. The van der Waals surface area contributed by atoms with Crippen LogP contribution in [0, 0.1) is 0 Å². The van der Waals surface area contributed by atoms with Gasteiger partial charge in [0.25, 0.3) is 0 Å². The molecular weight excluding hydrogens is 295 g/mol. The van der Waals surface area contributed by atoms with Crippen LogP contribution < -0.4 is 5.32 Å². The Kier molecular flexibility index (Phi) is 5.64. The third-order valence-electron chi connectivity index (χ3n) is 2.56. The van der Waals surface area contributed by atoms with E-state index in [1.54, 1.807) is 0 Å². The van der Waals surface area contributed by atoms with Gasteiger partial charge in [-0.15, -0.1) is 0 Å². The van der Waals surface area contributed by atoms with Gasteiger partial charge in [0, 0.05) is 0 Å². The van der Waals surface area contributed by atoms with E-state index >= 15 is 0 Å². The highest BCUT2D eigenvalue weighted by atomic mass is 19.4. The molecule has 0 saturated carbocycles. The molecule has 1 amide bonds. The van der Waals surface area contributed by atoms with E-state index < -0.39 is 49.3 Å². The van der Waals surface area contributed by atoms with Crippen molar-refractivity contribution in [2.75, 3.05) is 6.61 Å². The van der Waals surface area contributed by atoms with Gasteiger partial charge < -0.3 is 25.4 Å². The summed E-state index contributed by atoms with van der Waals surface area (Å²) in [6.07, 6.45) is -12.4. The molecule has 0 aromatic carbocycles. The van der Waals surface area contributed by atoms with Crippen LogP contribution in [0.25, 0.3) is 0 Å². The summed E-state index contributed by atoms with van der Waals surface area (Å²) in [5.74, 6) is -2.41. The molecule has 1 heterocycles. The number of carbonyl (C=O) groups is 1. The standard InChI is InChI=1S/C8H12F3NO8/c9-8(10,11)7(16)12-3-5(14)4(13)2(1-18-20-17)19-6(3)15/h2-6,13-15,17H,1H2,(H,12,16)/t2?,3?,4-,5-,6?/m1/s1. The van der Waals surface area contributed by atoms with Gasteiger partial charge in [-0.25, -0.2) is 10.1 Å². The molecule has 118 valence electrons. The number of ether oxygens (including phenoxy) is 1. The van der Waals surface area contributed by atoms with Crippen LogP contribution in [-0.4, -0.2) is 69.9 Å². The number of carbonyl (C=O) groups excluding carboxylic acids is 1.